The molecule has 0 aliphatic rings. The quantitative estimate of drug-likeness (QED) is 0.679. The van der Waals surface area contributed by atoms with Crippen LogP contribution in [-0.2, 0) is 0 Å². The monoisotopic (exact) mass is 169 g/mol. The molecule has 0 aromatic carbocycles. The number of pyridine rings is 1. The van der Waals surface area contributed by atoms with Gasteiger partial charge in [0.25, 0.3) is 5.88 Å². The lowest BCUT2D eigenvalue weighted by Crippen LogP contribution is -1.94. The second-order valence-corrected chi connectivity index (χ2v) is 2.09. The average molecular weight is 169 g/mol. The highest BCUT2D eigenvalue weighted by molar-refractivity contribution is 5.38. The molecule has 0 fully saturated rings. The van der Waals surface area contributed by atoms with E-state index in [0.29, 0.717) is 17.4 Å². The molecule has 0 atom stereocenters. The molecule has 0 spiro atoms. The number of ether oxygens (including phenoxy) is 3. The van der Waals surface area contributed by atoms with E-state index in [9.17, 15) is 0 Å². The summed E-state index contributed by atoms with van der Waals surface area (Å²) in [6, 6.07) is 1.71. The number of aromatic nitrogens is 1. The Labute approximate surface area is 71.1 Å². The van der Waals surface area contributed by atoms with Crippen LogP contribution < -0.4 is 14.2 Å². The number of nitrogens with zero attached hydrogens (tertiary/aromatic N) is 1. The lowest BCUT2D eigenvalue weighted by molar-refractivity contribution is 0.336. The predicted octanol–water partition coefficient (Wildman–Crippen LogP) is 1.11. The summed E-state index contributed by atoms with van der Waals surface area (Å²) in [6.07, 6.45) is 1.57. The summed E-state index contributed by atoms with van der Waals surface area (Å²) in [5, 5.41) is 0. The first-order valence-corrected chi connectivity index (χ1v) is 3.43. The molecule has 1 aromatic rings. The summed E-state index contributed by atoms with van der Waals surface area (Å²) < 4.78 is 14.9. The average Bonchev–Trinajstić information content (AvgIpc) is 2.16. The molecule has 1 rings (SSSR count). The summed E-state index contributed by atoms with van der Waals surface area (Å²) >= 11 is 0. The third-order valence-electron chi connectivity index (χ3n) is 1.44. The molecule has 4 nitrogen and oxygen atoms in total. The second kappa shape index (κ2) is 3.80. The van der Waals surface area contributed by atoms with E-state index < -0.39 is 0 Å². The van der Waals surface area contributed by atoms with Gasteiger partial charge in [-0.2, -0.15) is 0 Å². The molecule has 12 heavy (non-hydrogen) atoms. The maximum absolute atomic E-state index is 5.01. The molecule has 0 aliphatic heterocycles. The number of hydrogen-bond acceptors (Lipinski definition) is 4. The highest BCUT2D eigenvalue weighted by Crippen LogP contribution is 2.27. The van der Waals surface area contributed by atoms with E-state index in [2.05, 4.69) is 4.98 Å². The van der Waals surface area contributed by atoms with Gasteiger partial charge in [0.2, 0.25) is 0 Å². The Hall–Kier alpha value is -1.45. The van der Waals surface area contributed by atoms with Crippen LogP contribution in [0.1, 0.15) is 0 Å². The summed E-state index contributed by atoms with van der Waals surface area (Å²) in [6.45, 7) is 0. The Balaban J connectivity index is 3.02. The van der Waals surface area contributed by atoms with Crippen molar-refractivity contribution in [2.24, 2.45) is 0 Å². The zero-order chi connectivity index (χ0) is 8.97. The normalized spacial score (nSPS) is 9.25. The van der Waals surface area contributed by atoms with E-state index in [1.165, 1.54) is 7.11 Å². The van der Waals surface area contributed by atoms with Crippen molar-refractivity contribution in [1.29, 1.82) is 0 Å². The first-order chi connectivity index (χ1) is 5.81. The molecule has 4 heteroatoms. The van der Waals surface area contributed by atoms with Crippen LogP contribution in [0.4, 0.5) is 0 Å². The molecule has 1 heterocycles. The van der Waals surface area contributed by atoms with Gasteiger partial charge < -0.3 is 14.2 Å². The van der Waals surface area contributed by atoms with Crippen molar-refractivity contribution < 1.29 is 14.2 Å². The molecular weight excluding hydrogens is 158 g/mol. The van der Waals surface area contributed by atoms with E-state index in [4.69, 9.17) is 14.2 Å². The van der Waals surface area contributed by atoms with Gasteiger partial charge in [0.1, 0.15) is 5.75 Å². The molecule has 66 valence electrons. The third kappa shape index (κ3) is 1.58. The van der Waals surface area contributed by atoms with Gasteiger partial charge in [-0.15, -0.1) is 0 Å². The minimum absolute atomic E-state index is 0.457. The van der Waals surface area contributed by atoms with Crippen LogP contribution in [0, 0.1) is 0 Å². The van der Waals surface area contributed by atoms with Crippen LogP contribution in [0.2, 0.25) is 0 Å². The lowest BCUT2D eigenvalue weighted by atomic mass is 10.4. The van der Waals surface area contributed by atoms with Gasteiger partial charge in [-0.3, -0.25) is 0 Å². The van der Waals surface area contributed by atoms with Gasteiger partial charge in [0.15, 0.2) is 5.75 Å². The fraction of sp³-hybridized carbons (Fsp3) is 0.375. The fourth-order valence-electron chi connectivity index (χ4n) is 0.825. The number of rotatable bonds is 3. The zero-order valence-corrected chi connectivity index (χ0v) is 7.33. The van der Waals surface area contributed by atoms with E-state index in [0.717, 1.165) is 0 Å². The van der Waals surface area contributed by atoms with Gasteiger partial charge in [0.05, 0.1) is 27.5 Å². The lowest BCUT2D eigenvalue weighted by Gasteiger charge is -2.06. The molecule has 0 unspecified atom stereocenters. The van der Waals surface area contributed by atoms with Crippen LogP contribution in [-0.4, -0.2) is 26.3 Å². The highest BCUT2D eigenvalue weighted by atomic mass is 16.5. The van der Waals surface area contributed by atoms with Crippen LogP contribution in [0.5, 0.6) is 17.4 Å². The van der Waals surface area contributed by atoms with Gasteiger partial charge in [-0.1, -0.05) is 0 Å². The predicted molar refractivity (Wildman–Crippen MR) is 43.9 cm³/mol. The van der Waals surface area contributed by atoms with Crippen molar-refractivity contribution in [3.63, 3.8) is 0 Å². The van der Waals surface area contributed by atoms with Crippen LogP contribution in [0.15, 0.2) is 12.3 Å². The van der Waals surface area contributed by atoms with Crippen LogP contribution in [0.3, 0.4) is 0 Å². The zero-order valence-electron chi connectivity index (χ0n) is 7.33. The van der Waals surface area contributed by atoms with Crippen molar-refractivity contribution in [3.8, 4) is 17.4 Å². The van der Waals surface area contributed by atoms with E-state index in [-0.39, 0.29) is 0 Å². The van der Waals surface area contributed by atoms with Crippen LogP contribution >= 0.6 is 0 Å². The molecule has 0 N–H and O–H groups in total. The Morgan fingerprint density at radius 1 is 1.08 bits per heavy atom. The smallest absolute Gasteiger partial charge is 0.256 e. The van der Waals surface area contributed by atoms with E-state index in [1.807, 2.05) is 0 Å². The molecule has 0 radical (unpaired) electrons. The largest absolute Gasteiger partial charge is 0.495 e. The molecule has 0 saturated heterocycles. The van der Waals surface area contributed by atoms with Crippen molar-refractivity contribution in [2.75, 3.05) is 21.3 Å². The standard InChI is InChI=1S/C8H11NO3/c1-10-6-4-7(11-2)8(12-3)9-5-6/h4-5H,1-3H3. The van der Waals surface area contributed by atoms with E-state index in [1.54, 1.807) is 26.5 Å². The first kappa shape index (κ1) is 8.64. The highest BCUT2D eigenvalue weighted by Gasteiger charge is 2.05. The minimum atomic E-state index is 0.457. The Bertz CT molecular complexity index is 262. The Morgan fingerprint density at radius 2 is 1.83 bits per heavy atom. The fourth-order valence-corrected chi connectivity index (χ4v) is 0.825. The maximum Gasteiger partial charge on any atom is 0.256 e. The summed E-state index contributed by atoms with van der Waals surface area (Å²) in [7, 11) is 4.67. The summed E-state index contributed by atoms with van der Waals surface area (Å²) in [5.41, 5.74) is 0. The van der Waals surface area contributed by atoms with E-state index >= 15 is 0 Å². The van der Waals surface area contributed by atoms with Gasteiger partial charge in [-0.25, -0.2) is 4.98 Å². The molecule has 0 amide bonds. The molecular formula is C8H11NO3. The number of methoxy groups -OCH3 is 3. The molecule has 0 bridgehead atoms. The SMILES string of the molecule is COc1cnc(OC)c(OC)c1. The Kier molecular flexibility index (Phi) is 2.74. The third-order valence-corrected chi connectivity index (χ3v) is 1.44. The van der Waals surface area contributed by atoms with Crippen molar-refractivity contribution >= 4 is 0 Å². The summed E-state index contributed by atoms with van der Waals surface area (Å²) in [5.74, 6) is 1.67. The summed E-state index contributed by atoms with van der Waals surface area (Å²) in [4.78, 5) is 3.97. The van der Waals surface area contributed by atoms with Crippen molar-refractivity contribution in [1.82, 2.24) is 4.98 Å². The van der Waals surface area contributed by atoms with Crippen LogP contribution in [0.25, 0.3) is 0 Å². The second-order valence-electron chi connectivity index (χ2n) is 2.09. The first-order valence-electron chi connectivity index (χ1n) is 3.43. The minimum Gasteiger partial charge on any atom is -0.495 e. The molecule has 0 saturated carbocycles. The maximum atomic E-state index is 5.01. The molecule has 0 aliphatic carbocycles. The van der Waals surface area contributed by atoms with Gasteiger partial charge in [0, 0.05) is 6.07 Å². The Morgan fingerprint density at radius 3 is 2.33 bits per heavy atom. The van der Waals surface area contributed by atoms with Crippen molar-refractivity contribution in [3.05, 3.63) is 12.3 Å². The van der Waals surface area contributed by atoms with Gasteiger partial charge in [-0.05, 0) is 0 Å². The number of hydrogen-bond donors (Lipinski definition) is 0. The van der Waals surface area contributed by atoms with Crippen molar-refractivity contribution in [2.45, 2.75) is 0 Å². The van der Waals surface area contributed by atoms with Gasteiger partial charge >= 0.3 is 0 Å². The topological polar surface area (TPSA) is 40.6 Å². The molecule has 1 aromatic heterocycles.